The Hall–Kier alpha value is -2.82. The van der Waals surface area contributed by atoms with Crippen molar-refractivity contribution >= 4 is 17.5 Å². The van der Waals surface area contributed by atoms with Crippen molar-refractivity contribution in [3.8, 4) is 0 Å². The molecule has 0 aromatic heterocycles. The number of nitrogens with one attached hydrogen (secondary N) is 3. The zero-order chi connectivity index (χ0) is 15.9. The number of hydrogen-bond donors (Lipinski definition) is 3. The molecule has 0 unspecified atom stereocenters. The molecule has 0 fully saturated rings. The highest BCUT2D eigenvalue weighted by atomic mass is 16.2. The van der Waals surface area contributed by atoms with Crippen molar-refractivity contribution in [3.63, 3.8) is 0 Å². The molecule has 0 heterocycles. The lowest BCUT2D eigenvalue weighted by molar-refractivity contribution is -0.120. The van der Waals surface area contributed by atoms with Gasteiger partial charge in [0, 0.05) is 11.3 Å². The molecule has 2 amide bonds. The summed E-state index contributed by atoms with van der Waals surface area (Å²) in [6.07, 6.45) is 0. The predicted octanol–water partition coefficient (Wildman–Crippen LogP) is 2.18. The summed E-state index contributed by atoms with van der Waals surface area (Å²) < 4.78 is 0. The third-order valence-electron chi connectivity index (χ3n) is 3.40. The van der Waals surface area contributed by atoms with Gasteiger partial charge in [-0.3, -0.25) is 20.4 Å². The van der Waals surface area contributed by atoms with Crippen LogP contribution in [0.2, 0.25) is 0 Å². The van der Waals surface area contributed by atoms with Crippen LogP contribution in [0.1, 0.15) is 21.5 Å². The average molecular weight is 297 g/mol. The molecule has 0 spiro atoms. The van der Waals surface area contributed by atoms with Gasteiger partial charge in [-0.25, -0.2) is 0 Å². The summed E-state index contributed by atoms with van der Waals surface area (Å²) in [4.78, 5) is 23.5. The molecule has 0 saturated heterocycles. The third-order valence-corrected chi connectivity index (χ3v) is 3.40. The SMILES string of the molecule is Cc1cccc(NCC(=O)NNC(=O)c2ccccc2)c1C. The summed E-state index contributed by atoms with van der Waals surface area (Å²) in [6, 6.07) is 14.6. The van der Waals surface area contributed by atoms with Gasteiger partial charge in [-0.1, -0.05) is 30.3 Å². The molecule has 0 bridgehead atoms. The molecule has 0 aliphatic rings. The third kappa shape index (κ3) is 4.09. The molecule has 0 aliphatic heterocycles. The van der Waals surface area contributed by atoms with Gasteiger partial charge >= 0.3 is 0 Å². The molecule has 0 aliphatic carbocycles. The monoisotopic (exact) mass is 297 g/mol. The number of benzene rings is 2. The number of carbonyl (C=O) groups excluding carboxylic acids is 2. The fraction of sp³-hybridized carbons (Fsp3) is 0.176. The van der Waals surface area contributed by atoms with Gasteiger partial charge in [-0.15, -0.1) is 0 Å². The van der Waals surface area contributed by atoms with Crippen LogP contribution in [-0.2, 0) is 4.79 Å². The highest BCUT2D eigenvalue weighted by molar-refractivity contribution is 5.95. The van der Waals surface area contributed by atoms with Gasteiger partial charge in [0.15, 0.2) is 0 Å². The summed E-state index contributed by atoms with van der Waals surface area (Å²) >= 11 is 0. The second kappa shape index (κ2) is 7.26. The number of hydrazine groups is 1. The number of aryl methyl sites for hydroxylation is 1. The fourth-order valence-corrected chi connectivity index (χ4v) is 1.95. The molecule has 2 aromatic carbocycles. The molecule has 0 saturated carbocycles. The van der Waals surface area contributed by atoms with Crippen molar-refractivity contribution in [3.05, 3.63) is 65.2 Å². The Bertz CT molecular complexity index is 669. The molecular formula is C17H19N3O2. The van der Waals surface area contributed by atoms with E-state index in [-0.39, 0.29) is 18.4 Å². The number of carbonyl (C=O) groups is 2. The first-order chi connectivity index (χ1) is 10.6. The van der Waals surface area contributed by atoms with E-state index in [2.05, 4.69) is 16.2 Å². The van der Waals surface area contributed by atoms with Crippen LogP contribution in [-0.4, -0.2) is 18.4 Å². The van der Waals surface area contributed by atoms with E-state index in [9.17, 15) is 9.59 Å². The lowest BCUT2D eigenvalue weighted by atomic mass is 10.1. The quantitative estimate of drug-likeness (QED) is 0.758. The van der Waals surface area contributed by atoms with E-state index in [0.717, 1.165) is 16.8 Å². The highest BCUT2D eigenvalue weighted by Gasteiger charge is 2.07. The zero-order valence-electron chi connectivity index (χ0n) is 12.6. The van der Waals surface area contributed by atoms with Crippen LogP contribution in [0, 0.1) is 13.8 Å². The van der Waals surface area contributed by atoms with Crippen LogP contribution in [0.15, 0.2) is 48.5 Å². The van der Waals surface area contributed by atoms with Gasteiger partial charge in [-0.05, 0) is 43.2 Å². The molecule has 5 heteroatoms. The minimum Gasteiger partial charge on any atom is -0.376 e. The molecule has 3 N–H and O–H groups in total. The number of anilines is 1. The van der Waals surface area contributed by atoms with Crippen LogP contribution in [0.3, 0.4) is 0 Å². The molecule has 0 atom stereocenters. The van der Waals surface area contributed by atoms with Crippen LogP contribution in [0.4, 0.5) is 5.69 Å². The Morgan fingerprint density at radius 1 is 0.909 bits per heavy atom. The van der Waals surface area contributed by atoms with Gasteiger partial charge in [0.2, 0.25) is 0 Å². The summed E-state index contributed by atoms with van der Waals surface area (Å²) in [7, 11) is 0. The highest BCUT2D eigenvalue weighted by Crippen LogP contribution is 2.17. The summed E-state index contributed by atoms with van der Waals surface area (Å²) in [5, 5.41) is 3.05. The zero-order valence-corrected chi connectivity index (χ0v) is 12.6. The molecular weight excluding hydrogens is 278 g/mol. The van der Waals surface area contributed by atoms with Gasteiger partial charge in [-0.2, -0.15) is 0 Å². The second-order valence-electron chi connectivity index (χ2n) is 4.97. The van der Waals surface area contributed by atoms with Crippen molar-refractivity contribution in [1.29, 1.82) is 0 Å². The number of amides is 2. The Balaban J connectivity index is 1.81. The second-order valence-corrected chi connectivity index (χ2v) is 4.97. The lowest BCUT2D eigenvalue weighted by Gasteiger charge is -2.12. The van der Waals surface area contributed by atoms with Crippen molar-refractivity contribution in [2.45, 2.75) is 13.8 Å². The standard InChI is InChI=1S/C17H19N3O2/c1-12-7-6-10-15(13(12)2)18-11-16(21)19-20-17(22)14-8-4-3-5-9-14/h3-10,18H,11H2,1-2H3,(H,19,21)(H,20,22). The minimum absolute atomic E-state index is 0.0827. The van der Waals surface area contributed by atoms with E-state index in [4.69, 9.17) is 0 Å². The molecule has 2 aromatic rings. The van der Waals surface area contributed by atoms with E-state index in [1.165, 1.54) is 0 Å². The molecule has 114 valence electrons. The number of rotatable bonds is 4. The van der Waals surface area contributed by atoms with Gasteiger partial charge in [0.1, 0.15) is 0 Å². The average Bonchev–Trinajstić information content (AvgIpc) is 2.54. The van der Waals surface area contributed by atoms with Crippen molar-refractivity contribution < 1.29 is 9.59 Å². The van der Waals surface area contributed by atoms with E-state index in [0.29, 0.717) is 5.56 Å². The Morgan fingerprint density at radius 2 is 1.64 bits per heavy atom. The first-order valence-corrected chi connectivity index (χ1v) is 7.02. The van der Waals surface area contributed by atoms with Crippen molar-refractivity contribution in [2.24, 2.45) is 0 Å². The van der Waals surface area contributed by atoms with E-state index in [1.54, 1.807) is 24.3 Å². The van der Waals surface area contributed by atoms with Gasteiger partial charge in [0.05, 0.1) is 6.54 Å². The van der Waals surface area contributed by atoms with Crippen molar-refractivity contribution in [2.75, 3.05) is 11.9 Å². The Labute approximate surface area is 129 Å². The molecule has 2 rings (SSSR count). The maximum atomic E-state index is 11.8. The van der Waals surface area contributed by atoms with Crippen LogP contribution in [0.25, 0.3) is 0 Å². The predicted molar refractivity (Wildman–Crippen MR) is 86.5 cm³/mol. The number of hydrogen-bond acceptors (Lipinski definition) is 3. The summed E-state index contributed by atoms with van der Waals surface area (Å²) in [6.45, 7) is 4.09. The van der Waals surface area contributed by atoms with Gasteiger partial charge in [0.25, 0.3) is 11.8 Å². The Morgan fingerprint density at radius 3 is 2.36 bits per heavy atom. The van der Waals surface area contributed by atoms with Crippen LogP contribution in [0.5, 0.6) is 0 Å². The normalized spacial score (nSPS) is 9.91. The fourth-order valence-electron chi connectivity index (χ4n) is 1.95. The maximum absolute atomic E-state index is 11.8. The Kier molecular flexibility index (Phi) is 5.14. The van der Waals surface area contributed by atoms with E-state index >= 15 is 0 Å². The topological polar surface area (TPSA) is 70.2 Å². The first-order valence-electron chi connectivity index (χ1n) is 7.02. The molecule has 0 radical (unpaired) electrons. The molecule has 22 heavy (non-hydrogen) atoms. The smallest absolute Gasteiger partial charge is 0.269 e. The van der Waals surface area contributed by atoms with Crippen molar-refractivity contribution in [1.82, 2.24) is 10.9 Å². The first kappa shape index (κ1) is 15.6. The summed E-state index contributed by atoms with van der Waals surface area (Å²) in [5.41, 5.74) is 8.42. The largest absolute Gasteiger partial charge is 0.376 e. The lowest BCUT2D eigenvalue weighted by Crippen LogP contribution is -2.44. The summed E-state index contributed by atoms with van der Waals surface area (Å²) in [5.74, 6) is -0.661. The maximum Gasteiger partial charge on any atom is 0.269 e. The van der Waals surface area contributed by atoms with Crippen LogP contribution < -0.4 is 16.2 Å². The molecule has 5 nitrogen and oxygen atoms in total. The van der Waals surface area contributed by atoms with E-state index < -0.39 is 0 Å². The minimum atomic E-state index is -0.347. The van der Waals surface area contributed by atoms with Gasteiger partial charge < -0.3 is 5.32 Å². The van der Waals surface area contributed by atoms with E-state index in [1.807, 2.05) is 38.1 Å². The van der Waals surface area contributed by atoms with Crippen LogP contribution >= 0.6 is 0 Å².